The van der Waals surface area contributed by atoms with Crippen LogP contribution in [0.4, 0.5) is 0 Å². The third kappa shape index (κ3) is 26.7. The summed E-state index contributed by atoms with van der Waals surface area (Å²) in [6.07, 6.45) is 3.16. The number of hydrogen-bond acceptors (Lipinski definition) is 2. The van der Waals surface area contributed by atoms with Crippen LogP contribution in [0, 0.1) is 0 Å². The first-order valence-electron chi connectivity index (χ1n) is 3.34. The van der Waals surface area contributed by atoms with Crippen LogP contribution < -0.4 is 5.11 Å². The van der Waals surface area contributed by atoms with E-state index in [0.717, 1.165) is 6.08 Å². The summed E-state index contributed by atoms with van der Waals surface area (Å²) in [5, 5.41) is 9.14. The third-order valence-electron chi connectivity index (χ3n) is 0.744. The van der Waals surface area contributed by atoms with Gasteiger partial charge in [-0.15, -0.1) is 0 Å². The molecular weight excluding hydrogens is 127 g/mol. The fourth-order valence-electron chi connectivity index (χ4n) is 0.289. The number of aliphatic carboxylic acids is 1. The predicted octanol–water partition coefficient (Wildman–Crippen LogP) is 0.489. The van der Waals surface area contributed by atoms with Crippen LogP contribution in [0.2, 0.25) is 12.6 Å². The van der Waals surface area contributed by atoms with Crippen LogP contribution >= 0.6 is 0 Å². The van der Waals surface area contributed by atoms with Crippen molar-refractivity contribution in [1.29, 1.82) is 0 Å². The van der Waals surface area contributed by atoms with Gasteiger partial charge in [-0.3, -0.25) is 0 Å². The second-order valence-electron chi connectivity index (χ2n) is 1.63. The number of rotatable bonds is 3. The summed E-state index contributed by atoms with van der Waals surface area (Å²) in [5.74, 6) is -1.23. The van der Waals surface area contributed by atoms with E-state index in [0.29, 0.717) is 0 Å². The van der Waals surface area contributed by atoms with Crippen molar-refractivity contribution in [2.75, 3.05) is 0 Å². The normalized spacial score (nSPS) is 6.60. The van der Waals surface area contributed by atoms with Gasteiger partial charge in [0.05, 0.1) is 5.97 Å². The maximum absolute atomic E-state index is 9.14. The van der Waals surface area contributed by atoms with Crippen molar-refractivity contribution in [2.24, 2.45) is 0 Å². The van der Waals surface area contributed by atoms with E-state index in [1.807, 2.05) is 0 Å². The molecule has 0 aromatic carbocycles. The van der Waals surface area contributed by atoms with Gasteiger partial charge in [0.2, 0.25) is 0 Å². The van der Waals surface area contributed by atoms with Gasteiger partial charge in [0, 0.05) is 0 Å². The molecule has 0 atom stereocenters. The van der Waals surface area contributed by atoms with Crippen LogP contribution in [0.5, 0.6) is 0 Å². The molecule has 0 radical (unpaired) electrons. The van der Waals surface area contributed by atoms with Crippen molar-refractivity contribution in [3.05, 3.63) is 12.7 Å². The van der Waals surface area contributed by atoms with Gasteiger partial charge >= 0.3 is 33.8 Å². The van der Waals surface area contributed by atoms with Crippen molar-refractivity contribution in [3.63, 3.8) is 0 Å². The Kier molecular flexibility index (Phi) is 13.3. The van der Waals surface area contributed by atoms with Gasteiger partial charge in [0.25, 0.3) is 0 Å². The van der Waals surface area contributed by atoms with Gasteiger partial charge in [0.15, 0.2) is 0 Å². The zero-order valence-corrected chi connectivity index (χ0v) is 6.59. The summed E-state index contributed by atoms with van der Waals surface area (Å²) >= 11 is 0. The number of carboxylic acids is 1. The molecule has 0 aromatic heterocycles. The molecule has 2 nitrogen and oxygen atoms in total. The number of carboxylic acid groups (broad SMARTS) is 1. The van der Waals surface area contributed by atoms with Gasteiger partial charge < -0.3 is 9.90 Å². The van der Waals surface area contributed by atoms with Gasteiger partial charge in [0.1, 0.15) is 0 Å². The zero-order chi connectivity index (χ0) is 8.41. The Bertz CT molecular complexity index is 89.6. The molecule has 0 aromatic rings. The van der Waals surface area contributed by atoms with E-state index in [9.17, 15) is 0 Å². The molecule has 0 bridgehead atoms. The SMILES string of the molecule is C=CC(=O)[O-].CC[B+]CC. The first kappa shape index (κ1) is 12.0. The molecule has 0 N–H and O–H groups in total. The molecule has 3 heteroatoms. The van der Waals surface area contributed by atoms with Crippen molar-refractivity contribution >= 4 is 13.2 Å². The van der Waals surface area contributed by atoms with Crippen LogP contribution in [0.1, 0.15) is 13.8 Å². The summed E-state index contributed by atoms with van der Waals surface area (Å²) in [5.41, 5.74) is 0. The number of carbonyl (C=O) groups is 1. The van der Waals surface area contributed by atoms with Gasteiger partial charge in [-0.2, -0.15) is 0 Å². The molecule has 10 heavy (non-hydrogen) atoms. The third-order valence-corrected chi connectivity index (χ3v) is 0.744. The molecule has 0 aliphatic heterocycles. The Morgan fingerprint density at radius 1 is 1.60 bits per heavy atom. The standard InChI is InChI=1S/C4H10B.C3H4O2/c1-3-5-4-2;1-2-3(4)5/h3-4H2,1-2H3;2H,1H2,(H,4,5)/q+1;/p-1. The fourth-order valence-corrected chi connectivity index (χ4v) is 0.289. The Labute approximate surface area is 63.2 Å². The molecule has 0 saturated heterocycles. The van der Waals surface area contributed by atoms with Crippen molar-refractivity contribution in [1.82, 2.24) is 0 Å². The van der Waals surface area contributed by atoms with E-state index in [1.54, 1.807) is 0 Å². The number of carbonyl (C=O) groups excluding carboxylic acids is 1. The Morgan fingerprint density at radius 2 is 1.90 bits per heavy atom. The van der Waals surface area contributed by atoms with Crippen LogP contribution in [0.3, 0.4) is 0 Å². The Hall–Kier alpha value is -0.725. The Morgan fingerprint density at radius 3 is 1.90 bits per heavy atom. The predicted molar refractivity (Wildman–Crippen MR) is 41.9 cm³/mol. The van der Waals surface area contributed by atoms with E-state index < -0.39 is 5.97 Å². The average molecular weight is 140 g/mol. The zero-order valence-electron chi connectivity index (χ0n) is 6.59. The Balaban J connectivity index is 0. The number of hydrogen-bond donors (Lipinski definition) is 0. The molecule has 0 saturated carbocycles. The molecular formula is C7H13BO2. The molecule has 0 aliphatic carbocycles. The van der Waals surface area contributed by atoms with E-state index >= 15 is 0 Å². The van der Waals surface area contributed by atoms with Crippen LogP contribution in [-0.2, 0) is 4.79 Å². The van der Waals surface area contributed by atoms with E-state index in [2.05, 4.69) is 27.7 Å². The molecule has 0 spiro atoms. The summed E-state index contributed by atoms with van der Waals surface area (Å²) in [7, 11) is 2.25. The van der Waals surface area contributed by atoms with Crippen LogP contribution in [0.15, 0.2) is 12.7 Å². The van der Waals surface area contributed by atoms with E-state index in [-0.39, 0.29) is 0 Å². The molecule has 56 valence electrons. The van der Waals surface area contributed by atoms with Gasteiger partial charge in [-0.25, -0.2) is 0 Å². The van der Waals surface area contributed by atoms with Crippen molar-refractivity contribution in [3.8, 4) is 0 Å². The monoisotopic (exact) mass is 140 g/mol. The van der Waals surface area contributed by atoms with E-state index in [4.69, 9.17) is 9.90 Å². The molecule has 0 rings (SSSR count). The quantitative estimate of drug-likeness (QED) is 0.422. The molecule has 0 amide bonds. The van der Waals surface area contributed by atoms with Crippen LogP contribution in [0.25, 0.3) is 0 Å². The summed E-state index contributed by atoms with van der Waals surface area (Å²) < 4.78 is 0. The van der Waals surface area contributed by atoms with Crippen molar-refractivity contribution < 1.29 is 9.90 Å². The average Bonchev–Trinajstić information content (AvgIpc) is 1.91. The molecule has 0 fully saturated rings. The van der Waals surface area contributed by atoms with Gasteiger partial charge in [-0.05, 0) is 6.08 Å². The summed E-state index contributed by atoms with van der Waals surface area (Å²) in [6.45, 7) is 7.21. The fraction of sp³-hybridized carbons (Fsp3) is 0.571. The first-order chi connectivity index (χ1) is 4.68. The van der Waals surface area contributed by atoms with Crippen molar-refractivity contribution in [2.45, 2.75) is 26.5 Å². The second kappa shape index (κ2) is 11.1. The molecule has 0 heterocycles. The maximum atomic E-state index is 9.14. The van der Waals surface area contributed by atoms with Gasteiger partial charge in [-0.1, -0.05) is 6.58 Å². The summed E-state index contributed by atoms with van der Waals surface area (Å²) in [6, 6.07) is 0. The molecule has 0 aliphatic rings. The summed E-state index contributed by atoms with van der Waals surface area (Å²) in [4.78, 5) is 9.14. The second-order valence-corrected chi connectivity index (χ2v) is 1.63. The first-order valence-corrected chi connectivity index (χ1v) is 3.34. The topological polar surface area (TPSA) is 40.1 Å². The minimum absolute atomic E-state index is 0.722. The van der Waals surface area contributed by atoms with E-state index in [1.165, 1.54) is 12.6 Å². The minimum atomic E-state index is -1.23. The molecule has 0 unspecified atom stereocenters. The van der Waals surface area contributed by atoms with Crippen LogP contribution in [-0.4, -0.2) is 13.2 Å².